The van der Waals surface area contributed by atoms with E-state index >= 15 is 0 Å². The van der Waals surface area contributed by atoms with Crippen molar-refractivity contribution in [3.8, 4) is 17.0 Å². The standard InChI is InChI=1S/C20H18N4O3S/c1-2-8-24-16-9-13(5-6-17(16)27-11-18(24)25)15-12-28-20(22-15)23-19(26)14-4-3-7-21-10-14/h3-7,9-10,12H,2,8,11H2,1H3,(H,22,23,26). The Morgan fingerprint density at radius 3 is 3.04 bits per heavy atom. The van der Waals surface area contributed by atoms with Crippen molar-refractivity contribution < 1.29 is 14.3 Å². The maximum Gasteiger partial charge on any atom is 0.265 e. The number of thiazole rings is 1. The van der Waals surface area contributed by atoms with Gasteiger partial charge in [-0.25, -0.2) is 4.98 Å². The first-order valence-corrected chi connectivity index (χ1v) is 9.78. The number of carbonyl (C=O) groups excluding carboxylic acids is 2. The number of benzene rings is 1. The van der Waals surface area contributed by atoms with Gasteiger partial charge in [0.25, 0.3) is 11.8 Å². The average molecular weight is 394 g/mol. The molecule has 3 heterocycles. The SMILES string of the molecule is CCCN1C(=O)COc2ccc(-c3csc(NC(=O)c4cccnc4)n3)cc21. The largest absolute Gasteiger partial charge is 0.482 e. The minimum atomic E-state index is -0.257. The second-order valence-corrected chi connectivity index (χ2v) is 7.11. The number of carbonyl (C=O) groups is 2. The Labute approximate surface area is 166 Å². The number of rotatable bonds is 5. The third-order valence-corrected chi connectivity index (χ3v) is 5.05. The van der Waals surface area contributed by atoms with E-state index in [1.807, 2.05) is 30.5 Å². The van der Waals surface area contributed by atoms with Crippen LogP contribution in [0.3, 0.4) is 0 Å². The summed E-state index contributed by atoms with van der Waals surface area (Å²) in [5.74, 6) is 0.388. The Kier molecular flexibility index (Phi) is 5.03. The van der Waals surface area contributed by atoms with Crippen LogP contribution in [0.4, 0.5) is 10.8 Å². The highest BCUT2D eigenvalue weighted by molar-refractivity contribution is 7.14. The number of amides is 2. The molecule has 0 fully saturated rings. The first kappa shape index (κ1) is 18.1. The van der Waals surface area contributed by atoms with Crippen LogP contribution < -0.4 is 15.0 Å². The summed E-state index contributed by atoms with van der Waals surface area (Å²) in [6.45, 7) is 2.74. The predicted octanol–water partition coefficient (Wildman–Crippen LogP) is 3.59. The lowest BCUT2D eigenvalue weighted by Gasteiger charge is -2.29. The third-order valence-electron chi connectivity index (χ3n) is 4.29. The van der Waals surface area contributed by atoms with Crippen LogP contribution in [0.15, 0.2) is 48.1 Å². The molecule has 0 unspecified atom stereocenters. The topological polar surface area (TPSA) is 84.4 Å². The minimum Gasteiger partial charge on any atom is -0.482 e. The van der Waals surface area contributed by atoms with E-state index in [0.29, 0.717) is 23.0 Å². The summed E-state index contributed by atoms with van der Waals surface area (Å²) < 4.78 is 5.54. The van der Waals surface area contributed by atoms with Crippen LogP contribution in [0, 0.1) is 0 Å². The fourth-order valence-corrected chi connectivity index (χ4v) is 3.68. The van der Waals surface area contributed by atoms with Gasteiger partial charge < -0.3 is 9.64 Å². The molecule has 142 valence electrons. The van der Waals surface area contributed by atoms with Crippen molar-refractivity contribution in [2.24, 2.45) is 0 Å². The number of hydrogen-bond acceptors (Lipinski definition) is 6. The molecule has 1 aliphatic heterocycles. The van der Waals surface area contributed by atoms with Crippen LogP contribution in [0.5, 0.6) is 5.75 Å². The third kappa shape index (κ3) is 3.59. The Morgan fingerprint density at radius 1 is 1.36 bits per heavy atom. The van der Waals surface area contributed by atoms with E-state index in [9.17, 15) is 9.59 Å². The van der Waals surface area contributed by atoms with Gasteiger partial charge in [0, 0.05) is 29.9 Å². The van der Waals surface area contributed by atoms with E-state index in [1.165, 1.54) is 17.5 Å². The lowest BCUT2D eigenvalue weighted by molar-refractivity contribution is -0.121. The summed E-state index contributed by atoms with van der Waals surface area (Å²) in [6.07, 6.45) is 3.98. The van der Waals surface area contributed by atoms with Crippen molar-refractivity contribution >= 4 is 34.0 Å². The second-order valence-electron chi connectivity index (χ2n) is 6.25. The lowest BCUT2D eigenvalue weighted by Crippen LogP contribution is -2.39. The molecule has 0 spiro atoms. The fourth-order valence-electron chi connectivity index (χ4n) is 2.96. The second kappa shape index (κ2) is 7.77. The number of ether oxygens (including phenoxy) is 1. The molecule has 0 bridgehead atoms. The Morgan fingerprint density at radius 2 is 2.25 bits per heavy atom. The van der Waals surface area contributed by atoms with E-state index in [-0.39, 0.29) is 18.4 Å². The van der Waals surface area contributed by atoms with Gasteiger partial charge in [-0.15, -0.1) is 11.3 Å². The van der Waals surface area contributed by atoms with Gasteiger partial charge in [0.1, 0.15) is 5.75 Å². The fraction of sp³-hybridized carbons (Fsp3) is 0.200. The van der Waals surface area contributed by atoms with E-state index in [1.54, 1.807) is 23.2 Å². The minimum absolute atomic E-state index is 0.0470. The number of pyridine rings is 1. The molecular weight excluding hydrogens is 376 g/mol. The van der Waals surface area contributed by atoms with Gasteiger partial charge in [-0.1, -0.05) is 6.92 Å². The normalized spacial score (nSPS) is 13.0. The Hall–Kier alpha value is -3.26. The highest BCUT2D eigenvalue weighted by Crippen LogP contribution is 2.36. The molecule has 8 heteroatoms. The molecule has 0 atom stereocenters. The summed E-state index contributed by atoms with van der Waals surface area (Å²) in [4.78, 5) is 34.7. The van der Waals surface area contributed by atoms with Crippen molar-refractivity contribution in [2.75, 3.05) is 23.4 Å². The smallest absolute Gasteiger partial charge is 0.265 e. The Bertz CT molecular complexity index is 1020. The molecular formula is C20H18N4O3S. The van der Waals surface area contributed by atoms with Gasteiger partial charge in [-0.2, -0.15) is 0 Å². The van der Waals surface area contributed by atoms with E-state index in [2.05, 4.69) is 15.3 Å². The predicted molar refractivity (Wildman–Crippen MR) is 108 cm³/mol. The van der Waals surface area contributed by atoms with E-state index in [4.69, 9.17) is 4.74 Å². The van der Waals surface area contributed by atoms with Crippen LogP contribution in [0.2, 0.25) is 0 Å². The molecule has 7 nitrogen and oxygen atoms in total. The van der Waals surface area contributed by atoms with E-state index in [0.717, 1.165) is 23.4 Å². The van der Waals surface area contributed by atoms with Crippen molar-refractivity contribution in [1.82, 2.24) is 9.97 Å². The molecule has 1 aromatic carbocycles. The summed E-state index contributed by atoms with van der Waals surface area (Å²) >= 11 is 1.34. The van der Waals surface area contributed by atoms with Gasteiger partial charge in [-0.05, 0) is 36.8 Å². The van der Waals surface area contributed by atoms with Gasteiger partial charge in [0.2, 0.25) is 0 Å². The Balaban J connectivity index is 1.57. The molecule has 2 amide bonds. The van der Waals surface area contributed by atoms with Crippen molar-refractivity contribution in [2.45, 2.75) is 13.3 Å². The molecule has 28 heavy (non-hydrogen) atoms. The van der Waals surface area contributed by atoms with Crippen molar-refractivity contribution in [3.05, 3.63) is 53.7 Å². The highest BCUT2D eigenvalue weighted by Gasteiger charge is 2.25. The first-order valence-electron chi connectivity index (χ1n) is 8.90. The molecule has 2 aromatic heterocycles. The monoisotopic (exact) mass is 394 g/mol. The zero-order chi connectivity index (χ0) is 19.5. The number of nitrogens with zero attached hydrogens (tertiary/aromatic N) is 3. The van der Waals surface area contributed by atoms with Gasteiger partial charge in [0.05, 0.1) is 16.9 Å². The maximum absolute atomic E-state index is 12.3. The number of nitrogens with one attached hydrogen (secondary N) is 1. The maximum atomic E-state index is 12.3. The molecule has 3 aromatic rings. The summed E-state index contributed by atoms with van der Waals surface area (Å²) in [5.41, 5.74) is 2.81. The summed E-state index contributed by atoms with van der Waals surface area (Å²) in [7, 11) is 0. The molecule has 0 saturated heterocycles. The number of hydrogen-bond donors (Lipinski definition) is 1. The van der Waals surface area contributed by atoms with Crippen LogP contribution in [0.1, 0.15) is 23.7 Å². The zero-order valence-electron chi connectivity index (χ0n) is 15.2. The number of fused-ring (bicyclic) bond motifs is 1. The number of aromatic nitrogens is 2. The van der Waals surface area contributed by atoms with Crippen LogP contribution in [-0.2, 0) is 4.79 Å². The van der Waals surface area contributed by atoms with Crippen LogP contribution in [0.25, 0.3) is 11.3 Å². The van der Waals surface area contributed by atoms with Crippen molar-refractivity contribution in [1.29, 1.82) is 0 Å². The zero-order valence-corrected chi connectivity index (χ0v) is 16.0. The number of anilines is 2. The molecule has 1 aliphatic rings. The van der Waals surface area contributed by atoms with Gasteiger partial charge in [-0.3, -0.25) is 19.9 Å². The molecule has 4 rings (SSSR count). The van der Waals surface area contributed by atoms with Crippen molar-refractivity contribution in [3.63, 3.8) is 0 Å². The summed E-state index contributed by atoms with van der Waals surface area (Å²) in [5, 5.41) is 5.16. The summed E-state index contributed by atoms with van der Waals surface area (Å²) in [6, 6.07) is 9.07. The molecule has 1 N–H and O–H groups in total. The van der Waals surface area contributed by atoms with Gasteiger partial charge >= 0.3 is 0 Å². The lowest BCUT2D eigenvalue weighted by atomic mass is 10.1. The molecule has 0 saturated carbocycles. The quantitative estimate of drug-likeness (QED) is 0.715. The van der Waals surface area contributed by atoms with Crippen LogP contribution in [-0.4, -0.2) is 34.9 Å². The first-order chi connectivity index (χ1) is 13.7. The highest BCUT2D eigenvalue weighted by atomic mass is 32.1. The average Bonchev–Trinajstić information content (AvgIpc) is 3.19. The van der Waals surface area contributed by atoms with Crippen LogP contribution >= 0.6 is 11.3 Å². The molecule has 0 radical (unpaired) electrons. The molecule has 0 aliphatic carbocycles. The van der Waals surface area contributed by atoms with E-state index < -0.39 is 0 Å². The van der Waals surface area contributed by atoms with Gasteiger partial charge in [0.15, 0.2) is 11.7 Å².